The first-order chi connectivity index (χ1) is 12.6. The maximum absolute atomic E-state index is 12.9. The van der Waals surface area contributed by atoms with Crippen molar-refractivity contribution >= 4 is 29.9 Å². The molecule has 0 aliphatic carbocycles. The van der Waals surface area contributed by atoms with Gasteiger partial charge in [0.25, 0.3) is 5.91 Å². The fourth-order valence-electron chi connectivity index (χ4n) is 2.56. The van der Waals surface area contributed by atoms with Crippen LogP contribution in [0.15, 0.2) is 48.5 Å². The highest BCUT2D eigenvalue weighted by Crippen LogP contribution is 2.12. The van der Waals surface area contributed by atoms with Gasteiger partial charge in [-0.1, -0.05) is 12.1 Å². The molecule has 0 bridgehead atoms. The van der Waals surface area contributed by atoms with Crippen LogP contribution in [0.1, 0.15) is 15.9 Å². The summed E-state index contributed by atoms with van der Waals surface area (Å²) in [5.74, 6) is -0.796. The number of nitrogens with one attached hydrogen (secondary N) is 3. The van der Waals surface area contributed by atoms with E-state index in [9.17, 15) is 14.0 Å². The van der Waals surface area contributed by atoms with Crippen molar-refractivity contribution < 1.29 is 18.7 Å². The van der Waals surface area contributed by atoms with Crippen molar-refractivity contribution in [2.24, 2.45) is 0 Å². The highest BCUT2D eigenvalue weighted by molar-refractivity contribution is 6.04. The number of carbonyl (C=O) groups excluding carboxylic acids is 2. The third-order valence-corrected chi connectivity index (χ3v) is 4.02. The Morgan fingerprint density at radius 1 is 1.11 bits per heavy atom. The van der Waals surface area contributed by atoms with Crippen molar-refractivity contribution in [1.29, 1.82) is 0 Å². The molecule has 1 unspecified atom stereocenters. The Labute approximate surface area is 162 Å². The van der Waals surface area contributed by atoms with Gasteiger partial charge in [-0.25, -0.2) is 4.39 Å². The molecule has 1 fully saturated rings. The summed E-state index contributed by atoms with van der Waals surface area (Å²) in [5, 5.41) is 8.70. The first-order valence-electron chi connectivity index (χ1n) is 8.36. The molecule has 3 N–H and O–H groups in total. The summed E-state index contributed by atoms with van der Waals surface area (Å²) in [6.07, 6.45) is 0. The number of hydrogen-bond donors (Lipinski definition) is 3. The van der Waals surface area contributed by atoms with Gasteiger partial charge in [0.1, 0.15) is 11.9 Å². The van der Waals surface area contributed by atoms with E-state index in [1.165, 1.54) is 24.3 Å². The van der Waals surface area contributed by atoms with Crippen molar-refractivity contribution in [3.05, 3.63) is 65.5 Å². The Bertz CT molecular complexity index is 763. The van der Waals surface area contributed by atoms with Gasteiger partial charge in [0.2, 0.25) is 5.91 Å². The van der Waals surface area contributed by atoms with Crippen LogP contribution in [0, 0.1) is 5.82 Å². The average molecular weight is 394 g/mol. The molecule has 3 rings (SSSR count). The second kappa shape index (κ2) is 10.0. The number of rotatable bonds is 5. The highest BCUT2D eigenvalue weighted by Gasteiger charge is 2.20. The second-order valence-electron chi connectivity index (χ2n) is 5.96. The number of morpholine rings is 1. The smallest absolute Gasteiger partial charge is 0.255 e. The number of anilines is 1. The Kier molecular flexibility index (Phi) is 7.72. The summed E-state index contributed by atoms with van der Waals surface area (Å²) >= 11 is 0. The minimum Gasteiger partial charge on any atom is -0.378 e. The molecule has 27 heavy (non-hydrogen) atoms. The Morgan fingerprint density at radius 3 is 2.44 bits per heavy atom. The zero-order chi connectivity index (χ0) is 18.4. The molecule has 8 heteroatoms. The first kappa shape index (κ1) is 20.8. The highest BCUT2D eigenvalue weighted by atomic mass is 35.5. The Hall–Kier alpha value is -2.48. The van der Waals surface area contributed by atoms with E-state index in [1.54, 1.807) is 12.1 Å². The van der Waals surface area contributed by atoms with Gasteiger partial charge in [-0.2, -0.15) is 0 Å². The predicted molar refractivity (Wildman–Crippen MR) is 102 cm³/mol. The molecule has 0 spiro atoms. The van der Waals surface area contributed by atoms with Crippen molar-refractivity contribution in [1.82, 2.24) is 10.6 Å². The lowest BCUT2D eigenvalue weighted by Crippen LogP contribution is -2.51. The van der Waals surface area contributed by atoms with E-state index in [2.05, 4.69) is 16.0 Å². The number of carbonyl (C=O) groups is 2. The van der Waals surface area contributed by atoms with Crippen molar-refractivity contribution in [3.8, 4) is 0 Å². The van der Waals surface area contributed by atoms with Gasteiger partial charge in [-0.05, 0) is 42.0 Å². The topological polar surface area (TPSA) is 79.5 Å². The van der Waals surface area contributed by atoms with E-state index in [0.717, 1.165) is 5.56 Å². The van der Waals surface area contributed by atoms with Gasteiger partial charge >= 0.3 is 0 Å². The van der Waals surface area contributed by atoms with E-state index < -0.39 is 0 Å². The quantitative estimate of drug-likeness (QED) is 0.727. The molecule has 2 amide bonds. The first-order valence-corrected chi connectivity index (χ1v) is 8.36. The molecule has 1 aliphatic heterocycles. The van der Waals surface area contributed by atoms with Gasteiger partial charge in [0.15, 0.2) is 0 Å². The van der Waals surface area contributed by atoms with E-state index >= 15 is 0 Å². The molecular formula is C19H21ClFN3O3. The van der Waals surface area contributed by atoms with E-state index in [4.69, 9.17) is 4.74 Å². The molecule has 1 saturated heterocycles. The number of ether oxygens (including phenoxy) is 1. The fourth-order valence-corrected chi connectivity index (χ4v) is 2.56. The molecule has 2 aromatic carbocycles. The largest absolute Gasteiger partial charge is 0.378 e. The van der Waals surface area contributed by atoms with Crippen LogP contribution in [0.3, 0.4) is 0 Å². The van der Waals surface area contributed by atoms with Crippen LogP contribution in [0.25, 0.3) is 0 Å². The molecule has 144 valence electrons. The SMILES string of the molecule is Cl.O=C(Nc1ccc(CNC(=O)C2COCCN2)cc1)c1ccc(F)cc1. The third-order valence-electron chi connectivity index (χ3n) is 4.02. The number of halogens is 2. The summed E-state index contributed by atoms with van der Waals surface area (Å²) in [6, 6.07) is 12.2. The van der Waals surface area contributed by atoms with Gasteiger partial charge in [-0.3, -0.25) is 9.59 Å². The lowest BCUT2D eigenvalue weighted by Gasteiger charge is -2.22. The van der Waals surface area contributed by atoms with Crippen LogP contribution >= 0.6 is 12.4 Å². The number of amides is 2. The third kappa shape index (κ3) is 6.02. The molecule has 1 aliphatic rings. The second-order valence-corrected chi connectivity index (χ2v) is 5.96. The van der Waals surface area contributed by atoms with E-state index in [-0.39, 0.29) is 36.1 Å². The maximum atomic E-state index is 12.9. The number of benzene rings is 2. The zero-order valence-electron chi connectivity index (χ0n) is 14.5. The van der Waals surface area contributed by atoms with Gasteiger partial charge in [-0.15, -0.1) is 12.4 Å². The van der Waals surface area contributed by atoms with Crippen LogP contribution in [-0.4, -0.2) is 37.6 Å². The van der Waals surface area contributed by atoms with Crippen LogP contribution in [0.4, 0.5) is 10.1 Å². The zero-order valence-corrected chi connectivity index (χ0v) is 15.4. The van der Waals surface area contributed by atoms with Crippen molar-refractivity contribution in [3.63, 3.8) is 0 Å². The average Bonchev–Trinajstić information content (AvgIpc) is 2.68. The van der Waals surface area contributed by atoms with Crippen LogP contribution in [-0.2, 0) is 16.1 Å². The standard InChI is InChI=1S/C19H20FN3O3.ClH/c20-15-5-3-14(4-6-15)18(24)23-16-7-1-13(2-8-16)11-22-19(25)17-12-26-10-9-21-17;/h1-8,17,21H,9-12H2,(H,22,25)(H,23,24);1H. The monoisotopic (exact) mass is 393 g/mol. The van der Waals surface area contributed by atoms with Gasteiger partial charge < -0.3 is 20.7 Å². The fraction of sp³-hybridized carbons (Fsp3) is 0.263. The van der Waals surface area contributed by atoms with Crippen molar-refractivity contribution in [2.75, 3.05) is 25.1 Å². The van der Waals surface area contributed by atoms with Crippen molar-refractivity contribution in [2.45, 2.75) is 12.6 Å². The lowest BCUT2D eigenvalue weighted by molar-refractivity contribution is -0.126. The molecule has 1 atom stereocenters. The van der Waals surface area contributed by atoms with E-state index in [1.807, 2.05) is 12.1 Å². The molecule has 0 radical (unpaired) electrons. The van der Waals surface area contributed by atoms with Crippen LogP contribution in [0.2, 0.25) is 0 Å². The summed E-state index contributed by atoms with van der Waals surface area (Å²) in [7, 11) is 0. The molecule has 0 saturated carbocycles. The molecule has 6 nitrogen and oxygen atoms in total. The minimum absolute atomic E-state index is 0. The molecular weight excluding hydrogens is 373 g/mol. The maximum Gasteiger partial charge on any atom is 0.255 e. The lowest BCUT2D eigenvalue weighted by atomic mass is 10.1. The van der Waals surface area contributed by atoms with E-state index in [0.29, 0.717) is 37.6 Å². The summed E-state index contributed by atoms with van der Waals surface area (Å²) < 4.78 is 18.2. The summed E-state index contributed by atoms with van der Waals surface area (Å²) in [4.78, 5) is 24.1. The van der Waals surface area contributed by atoms with Crippen LogP contribution in [0.5, 0.6) is 0 Å². The molecule has 2 aromatic rings. The minimum atomic E-state index is -0.386. The molecule has 1 heterocycles. The Morgan fingerprint density at radius 2 is 1.81 bits per heavy atom. The summed E-state index contributed by atoms with van der Waals surface area (Å²) in [6.45, 7) is 2.05. The van der Waals surface area contributed by atoms with Gasteiger partial charge in [0.05, 0.1) is 13.2 Å². The summed E-state index contributed by atoms with van der Waals surface area (Å²) in [5.41, 5.74) is 1.91. The van der Waals surface area contributed by atoms with Crippen LogP contribution < -0.4 is 16.0 Å². The Balaban J connectivity index is 0.00000261. The van der Waals surface area contributed by atoms with Gasteiger partial charge in [0, 0.05) is 24.3 Å². The predicted octanol–water partition coefficient (Wildman–Crippen LogP) is 2.10. The molecule has 0 aromatic heterocycles. The normalized spacial score (nSPS) is 16.1. The number of hydrogen-bond acceptors (Lipinski definition) is 4.